The zero-order chi connectivity index (χ0) is 16.6. The molecule has 1 aliphatic rings. The summed E-state index contributed by atoms with van der Waals surface area (Å²) in [5, 5.41) is 1.83. The van der Waals surface area contributed by atoms with Crippen molar-refractivity contribution in [3.05, 3.63) is 57.3 Å². The Labute approximate surface area is 136 Å². The standard InChI is InChI=1S/C17H16F3NOS/c1-11-8-9-23-15(11)16(22)21(13-6-7-13)10-12-4-2-3-5-14(12)17(18,19)20/h2-5,8-9,13H,6-7,10H2,1H3. The molecule has 1 aromatic heterocycles. The number of hydrogen-bond acceptors (Lipinski definition) is 2. The first-order valence-corrected chi connectivity index (χ1v) is 8.26. The lowest BCUT2D eigenvalue weighted by molar-refractivity contribution is -0.138. The van der Waals surface area contributed by atoms with Gasteiger partial charge in [0.05, 0.1) is 10.4 Å². The molecule has 2 nitrogen and oxygen atoms in total. The molecule has 6 heteroatoms. The molecule has 0 unspecified atom stereocenters. The fourth-order valence-electron chi connectivity index (χ4n) is 2.59. The maximum absolute atomic E-state index is 13.2. The predicted molar refractivity (Wildman–Crippen MR) is 83.4 cm³/mol. The summed E-state index contributed by atoms with van der Waals surface area (Å²) in [4.78, 5) is 14.9. The van der Waals surface area contributed by atoms with Crippen molar-refractivity contribution in [2.45, 2.75) is 38.5 Å². The number of aryl methyl sites for hydroxylation is 1. The Hall–Kier alpha value is -1.82. The average molecular weight is 339 g/mol. The van der Waals surface area contributed by atoms with E-state index in [0.717, 1.165) is 24.5 Å². The second-order valence-electron chi connectivity index (χ2n) is 5.75. The lowest BCUT2D eigenvalue weighted by atomic mass is 10.1. The van der Waals surface area contributed by atoms with Crippen molar-refractivity contribution in [1.29, 1.82) is 0 Å². The molecule has 1 aliphatic carbocycles. The van der Waals surface area contributed by atoms with E-state index in [4.69, 9.17) is 0 Å². The van der Waals surface area contributed by atoms with Crippen molar-refractivity contribution in [3.63, 3.8) is 0 Å². The van der Waals surface area contributed by atoms with E-state index < -0.39 is 11.7 Å². The summed E-state index contributed by atoms with van der Waals surface area (Å²) >= 11 is 1.34. The van der Waals surface area contributed by atoms with Crippen LogP contribution in [0.15, 0.2) is 35.7 Å². The highest BCUT2D eigenvalue weighted by atomic mass is 32.1. The number of halogens is 3. The minimum absolute atomic E-state index is 0.00345. The lowest BCUT2D eigenvalue weighted by Gasteiger charge is -2.24. The summed E-state index contributed by atoms with van der Waals surface area (Å²) in [6.45, 7) is 1.84. The number of carbonyl (C=O) groups excluding carboxylic acids is 1. The highest BCUT2D eigenvalue weighted by molar-refractivity contribution is 7.12. The minimum Gasteiger partial charge on any atom is -0.331 e. The van der Waals surface area contributed by atoms with Gasteiger partial charge in [-0.1, -0.05) is 18.2 Å². The topological polar surface area (TPSA) is 20.3 Å². The third-order valence-electron chi connectivity index (χ3n) is 3.97. The second kappa shape index (κ2) is 6.00. The van der Waals surface area contributed by atoms with E-state index in [2.05, 4.69) is 0 Å². The quantitative estimate of drug-likeness (QED) is 0.777. The van der Waals surface area contributed by atoms with Crippen LogP contribution in [-0.2, 0) is 12.7 Å². The summed E-state index contributed by atoms with van der Waals surface area (Å²) in [6.07, 6.45) is -2.71. The van der Waals surface area contributed by atoms with Gasteiger partial charge in [-0.15, -0.1) is 11.3 Å². The van der Waals surface area contributed by atoms with Crippen molar-refractivity contribution in [2.75, 3.05) is 0 Å². The maximum Gasteiger partial charge on any atom is 0.416 e. The highest BCUT2D eigenvalue weighted by Crippen LogP contribution is 2.36. The number of thiophene rings is 1. The molecule has 0 aliphatic heterocycles. The predicted octanol–water partition coefficient (Wildman–Crippen LogP) is 4.88. The molecule has 2 aromatic rings. The number of rotatable bonds is 4. The van der Waals surface area contributed by atoms with E-state index >= 15 is 0 Å². The Kier molecular flexibility index (Phi) is 4.19. The number of amides is 1. The molecule has 0 radical (unpaired) electrons. The van der Waals surface area contributed by atoms with Crippen LogP contribution in [0.5, 0.6) is 0 Å². The summed E-state index contributed by atoms with van der Waals surface area (Å²) in [5.41, 5.74) is 0.352. The van der Waals surface area contributed by atoms with Gasteiger partial charge in [0.1, 0.15) is 0 Å². The maximum atomic E-state index is 13.2. The third kappa shape index (κ3) is 3.42. The van der Waals surface area contributed by atoms with Crippen molar-refractivity contribution < 1.29 is 18.0 Å². The first-order chi connectivity index (χ1) is 10.9. The summed E-state index contributed by atoms with van der Waals surface area (Å²) < 4.78 is 39.5. The smallest absolute Gasteiger partial charge is 0.331 e. The molecule has 122 valence electrons. The van der Waals surface area contributed by atoms with E-state index in [1.807, 2.05) is 18.4 Å². The first-order valence-electron chi connectivity index (χ1n) is 7.38. The summed E-state index contributed by atoms with van der Waals surface area (Å²) in [6, 6.07) is 7.38. The zero-order valence-corrected chi connectivity index (χ0v) is 13.4. The number of nitrogens with zero attached hydrogens (tertiary/aromatic N) is 1. The fourth-order valence-corrected chi connectivity index (χ4v) is 3.47. The Morgan fingerprint density at radius 3 is 2.52 bits per heavy atom. The van der Waals surface area contributed by atoms with E-state index in [0.29, 0.717) is 4.88 Å². The Morgan fingerprint density at radius 2 is 1.96 bits per heavy atom. The molecule has 0 spiro atoms. The van der Waals surface area contributed by atoms with Crippen LogP contribution in [0, 0.1) is 6.92 Å². The van der Waals surface area contributed by atoms with E-state index in [1.165, 1.54) is 23.5 Å². The number of benzene rings is 1. The molecular weight excluding hydrogens is 323 g/mol. The Bertz CT molecular complexity index is 719. The molecule has 1 saturated carbocycles. The van der Waals surface area contributed by atoms with Gasteiger partial charge in [-0.3, -0.25) is 4.79 Å². The zero-order valence-electron chi connectivity index (χ0n) is 12.6. The van der Waals surface area contributed by atoms with Crippen LogP contribution in [0.2, 0.25) is 0 Å². The van der Waals surface area contributed by atoms with Crippen LogP contribution in [0.4, 0.5) is 13.2 Å². The van der Waals surface area contributed by atoms with Crippen molar-refractivity contribution in [2.24, 2.45) is 0 Å². The van der Waals surface area contributed by atoms with Gasteiger partial charge in [0, 0.05) is 12.6 Å². The van der Waals surface area contributed by atoms with Gasteiger partial charge in [-0.25, -0.2) is 0 Å². The molecule has 1 heterocycles. The van der Waals surface area contributed by atoms with Crippen LogP contribution in [0.25, 0.3) is 0 Å². The Balaban J connectivity index is 1.90. The van der Waals surface area contributed by atoms with Crippen LogP contribution in [-0.4, -0.2) is 16.8 Å². The molecule has 1 amide bonds. The third-order valence-corrected chi connectivity index (χ3v) is 4.97. The van der Waals surface area contributed by atoms with E-state index in [9.17, 15) is 18.0 Å². The van der Waals surface area contributed by atoms with E-state index in [1.54, 1.807) is 11.0 Å². The fraction of sp³-hybridized carbons (Fsp3) is 0.353. The SMILES string of the molecule is Cc1ccsc1C(=O)N(Cc1ccccc1C(F)(F)F)C1CC1. The number of alkyl halides is 3. The molecular formula is C17H16F3NOS. The molecule has 3 rings (SSSR count). The highest BCUT2D eigenvalue weighted by Gasteiger charge is 2.37. The van der Waals surface area contributed by atoms with Crippen LogP contribution in [0.1, 0.15) is 39.2 Å². The molecule has 0 saturated heterocycles. The van der Waals surface area contributed by atoms with Gasteiger partial charge < -0.3 is 4.90 Å². The van der Waals surface area contributed by atoms with Crippen LogP contribution in [0.3, 0.4) is 0 Å². The van der Waals surface area contributed by atoms with Crippen LogP contribution >= 0.6 is 11.3 Å². The second-order valence-corrected chi connectivity index (χ2v) is 6.67. The van der Waals surface area contributed by atoms with Crippen molar-refractivity contribution >= 4 is 17.2 Å². The molecule has 1 fully saturated rings. The number of hydrogen-bond donors (Lipinski definition) is 0. The van der Waals surface area contributed by atoms with Gasteiger partial charge in [-0.2, -0.15) is 13.2 Å². The minimum atomic E-state index is -4.41. The normalized spacial score (nSPS) is 14.8. The van der Waals surface area contributed by atoms with Crippen LogP contribution < -0.4 is 0 Å². The molecule has 0 atom stereocenters. The lowest BCUT2D eigenvalue weighted by Crippen LogP contribution is -2.33. The van der Waals surface area contributed by atoms with Crippen molar-refractivity contribution in [3.8, 4) is 0 Å². The summed E-state index contributed by atoms with van der Waals surface area (Å²) in [7, 11) is 0. The largest absolute Gasteiger partial charge is 0.416 e. The van der Waals surface area contributed by atoms with Gasteiger partial charge in [0.25, 0.3) is 5.91 Å². The van der Waals surface area contributed by atoms with Gasteiger partial charge in [0.15, 0.2) is 0 Å². The van der Waals surface area contributed by atoms with Gasteiger partial charge >= 0.3 is 6.18 Å². The Morgan fingerprint density at radius 1 is 1.26 bits per heavy atom. The molecule has 1 aromatic carbocycles. The average Bonchev–Trinajstić information content (AvgIpc) is 3.25. The first kappa shape index (κ1) is 16.1. The molecule has 23 heavy (non-hydrogen) atoms. The monoisotopic (exact) mass is 339 g/mol. The summed E-state index contributed by atoms with van der Waals surface area (Å²) in [5.74, 6) is -0.169. The van der Waals surface area contributed by atoms with Gasteiger partial charge in [0.2, 0.25) is 0 Å². The number of carbonyl (C=O) groups is 1. The molecule has 0 bridgehead atoms. The van der Waals surface area contributed by atoms with Crippen molar-refractivity contribution in [1.82, 2.24) is 4.90 Å². The van der Waals surface area contributed by atoms with E-state index in [-0.39, 0.29) is 24.1 Å². The van der Waals surface area contributed by atoms with Gasteiger partial charge in [-0.05, 0) is 48.4 Å². The molecule has 0 N–H and O–H groups in total.